The van der Waals surface area contributed by atoms with Crippen LogP contribution in [0.25, 0.3) is 0 Å². The predicted octanol–water partition coefficient (Wildman–Crippen LogP) is 6.90. The molecule has 618 valence electrons. The van der Waals surface area contributed by atoms with Gasteiger partial charge in [-0.15, -0.1) is 0 Å². The molecule has 2 bridgehead atoms. The summed E-state index contributed by atoms with van der Waals surface area (Å²) in [6.45, 7) is 6.23. The lowest BCUT2D eigenvalue weighted by Gasteiger charge is -2.51. The molecule has 0 unspecified atom stereocenters. The first-order chi connectivity index (χ1) is 52.9. The van der Waals surface area contributed by atoms with Crippen LogP contribution in [0.2, 0.25) is 0 Å². The van der Waals surface area contributed by atoms with Gasteiger partial charge in [0.25, 0.3) is 0 Å². The third-order valence-electron chi connectivity index (χ3n) is 24.1. The van der Waals surface area contributed by atoms with Gasteiger partial charge in [-0.3, -0.25) is 57.5 Å². The number of amides is 12. The van der Waals surface area contributed by atoms with E-state index in [4.69, 9.17) is 4.74 Å². The van der Waals surface area contributed by atoms with Gasteiger partial charge in [-0.2, -0.15) is 26.3 Å². The number of hydrogen-bond acceptors (Lipinski definition) is 13. The first kappa shape index (κ1) is 87.2. The maximum absolute atomic E-state index is 15.8. The first-order valence-electron chi connectivity index (χ1n) is 39.3. The summed E-state index contributed by atoms with van der Waals surface area (Å²) in [6.07, 6.45) is -4.96. The molecule has 112 heavy (non-hydrogen) atoms. The highest BCUT2D eigenvalue weighted by Crippen LogP contribution is 2.43. The molecule has 2 aromatic carbocycles. The Morgan fingerprint density at radius 2 is 1.27 bits per heavy atom. The number of likely N-dealkylation sites (N-methyl/N-ethyl adjacent to an activating group) is 6. The van der Waals surface area contributed by atoms with E-state index in [1.807, 2.05) is 0 Å². The smallest absolute Gasteiger partial charge is 0.377 e. The van der Waals surface area contributed by atoms with Crippen LogP contribution < -0.4 is 10.6 Å². The molecule has 25 nitrogen and oxygen atoms in total. The molecular weight excluding hydrogens is 1480 g/mol. The van der Waals surface area contributed by atoms with Crippen molar-refractivity contribution in [2.24, 2.45) is 11.8 Å². The minimum atomic E-state index is -5.46. The fourth-order valence-corrected chi connectivity index (χ4v) is 17.2. The Kier molecular flexibility index (Phi) is 28.8. The van der Waals surface area contributed by atoms with Gasteiger partial charge in [-0.05, 0) is 144 Å². The number of hydrogen-bond donors (Lipinski definition) is 2. The van der Waals surface area contributed by atoms with E-state index in [-0.39, 0.29) is 76.8 Å². The fourth-order valence-electron chi connectivity index (χ4n) is 17.2. The number of ether oxygens (including phenoxy) is 1. The second-order valence-electron chi connectivity index (χ2n) is 31.3. The summed E-state index contributed by atoms with van der Waals surface area (Å²) in [6, 6.07) is -8.22. The van der Waals surface area contributed by atoms with Crippen LogP contribution in [0.15, 0.2) is 48.6 Å². The number of carbonyl (C=O) groups excluding carboxylic acids is 12. The molecule has 0 radical (unpaired) electrons. The average Bonchev–Trinajstić information content (AvgIpc) is 1.13. The highest BCUT2D eigenvalue weighted by atomic mass is 19.4. The van der Waals surface area contributed by atoms with E-state index < -0.39 is 222 Å². The van der Waals surface area contributed by atoms with Gasteiger partial charge in [0.15, 0.2) is 0 Å². The summed E-state index contributed by atoms with van der Waals surface area (Å²) in [5, 5.41) is 5.51. The SMILES string of the molecule is CCC[C@H]1C(=O)N[C@@H]([C@@H](C)CC)C(=O)N2CCC[C@H]2C(=O)N(C)[C@H]2C/C=C\CCN(C2=O)[C@@H](Cc2ccc(C(F)(F)F)cc2)C(=O)N(C)CC(=O)N[C@@H](CCc2cc(F)c(C(F)(F)F)c(F)c2)C(=O)N2C[C@H](OCC)C[C@H]2C(=O)N(C)C2(CCC2)C(=O)N(C)[C@@H](C2CCCC2)C(=O)N(C)[C@H](C(=O)N2CCCC2)CC(=O)N1C. The molecule has 2 aromatic rings. The third-order valence-corrected chi connectivity index (χ3v) is 24.1. The van der Waals surface area contributed by atoms with Gasteiger partial charge in [0.2, 0.25) is 70.9 Å². The van der Waals surface area contributed by atoms with Crippen molar-refractivity contribution in [2.45, 2.75) is 241 Å². The molecule has 7 aliphatic rings. The zero-order valence-electron chi connectivity index (χ0n) is 65.6. The van der Waals surface area contributed by atoms with Gasteiger partial charge in [-0.1, -0.05) is 70.7 Å². The Hall–Kier alpha value is -8.78. The molecule has 9 rings (SSSR count). The lowest BCUT2D eigenvalue weighted by molar-refractivity contribution is -0.166. The van der Waals surface area contributed by atoms with Gasteiger partial charge in [-0.25, -0.2) is 8.78 Å². The van der Waals surface area contributed by atoms with Gasteiger partial charge >= 0.3 is 12.4 Å². The van der Waals surface area contributed by atoms with Gasteiger partial charge in [0, 0.05) is 94.5 Å². The van der Waals surface area contributed by atoms with E-state index >= 15 is 61.5 Å². The molecule has 1 spiro atoms. The van der Waals surface area contributed by atoms with Crippen molar-refractivity contribution in [3.05, 3.63) is 82.4 Å². The summed E-state index contributed by atoms with van der Waals surface area (Å²) in [7, 11) is 8.12. The van der Waals surface area contributed by atoms with Crippen molar-refractivity contribution in [1.29, 1.82) is 0 Å². The number of alkyl halides is 6. The van der Waals surface area contributed by atoms with E-state index in [0.717, 1.165) is 50.9 Å². The standard InChI is InChI=1S/C79H108F8N12O13/c1-11-23-56-67(102)89-65(47(4)12-2)74(109)97-39-21-27-58(97)70(105)92(7)57-26-15-14-18-38-98(73(57)108)60(42-48-28-31-51(32-29-48)78(82,83)84)69(104)90(5)46-62(100)88-55(33-30-49-40-53(80)64(54(81)41-49)79(85,86)87)68(103)99-45-52(112-13-3)43-61(99)71(106)95(10)77(34-22-35-77)76(111)94(9)66(50-24-16-17-25-50)75(110)93(8)59(44-63(101)91(56)6)72(107)96-36-19-20-37-96/h14-15,28-29,31-32,40-41,47,50,52,55-61,65-66H,11-13,16-27,30,33-39,42-46H2,1-10H3,(H,88,100)(H,89,102)/b15-14-/t47-,52+,55-,56-,57-,58-,59-,60-,61-,65-,66-/m0/s1. The zero-order chi connectivity index (χ0) is 82.2. The van der Waals surface area contributed by atoms with Crippen molar-refractivity contribution in [2.75, 3.05) is 88.2 Å². The van der Waals surface area contributed by atoms with Crippen LogP contribution in [0.1, 0.15) is 172 Å². The maximum atomic E-state index is 15.8. The van der Waals surface area contributed by atoms with E-state index in [1.54, 1.807) is 44.7 Å². The van der Waals surface area contributed by atoms with E-state index in [1.165, 1.54) is 59.7 Å². The first-order valence-corrected chi connectivity index (χ1v) is 39.3. The summed E-state index contributed by atoms with van der Waals surface area (Å²) in [4.78, 5) is 197. The number of likely N-dealkylation sites (tertiary alicyclic amines) is 1. The summed E-state index contributed by atoms with van der Waals surface area (Å²) < 4.78 is 121. The molecule has 6 fully saturated rings. The van der Waals surface area contributed by atoms with Gasteiger partial charge in [0.05, 0.1) is 24.6 Å². The van der Waals surface area contributed by atoms with Crippen LogP contribution >= 0.6 is 0 Å². The summed E-state index contributed by atoms with van der Waals surface area (Å²) in [5.41, 5.74) is -5.16. The molecule has 2 N–H and O–H groups in total. The molecule has 12 amide bonds. The van der Waals surface area contributed by atoms with Crippen molar-refractivity contribution < 1.29 is 97.4 Å². The number of nitrogens with one attached hydrogen (secondary N) is 2. The molecule has 2 aliphatic carbocycles. The van der Waals surface area contributed by atoms with E-state index in [2.05, 4.69) is 10.6 Å². The molecule has 4 saturated heterocycles. The minimum Gasteiger partial charge on any atom is -0.377 e. The van der Waals surface area contributed by atoms with Crippen molar-refractivity contribution in [3.63, 3.8) is 0 Å². The highest BCUT2D eigenvalue weighted by molar-refractivity contribution is 6.01. The monoisotopic (exact) mass is 1580 g/mol. The number of benzene rings is 2. The lowest BCUT2D eigenvalue weighted by Crippen LogP contribution is -2.68. The molecule has 0 aromatic heterocycles. The molecule has 5 heterocycles. The molecule has 2 saturated carbocycles. The quantitative estimate of drug-likeness (QED) is 0.153. The molecular formula is C79H108F8N12O13. The normalized spacial score (nSPS) is 27.5. The Balaban J connectivity index is 1.15. The number of fused-ring (bicyclic) bond motifs is 4. The second kappa shape index (κ2) is 37.0. The topological polar surface area (TPSA) is 271 Å². The largest absolute Gasteiger partial charge is 0.422 e. The number of rotatable bonds is 13. The van der Waals surface area contributed by atoms with E-state index in [9.17, 15) is 31.1 Å². The van der Waals surface area contributed by atoms with Crippen LogP contribution in [-0.2, 0) is 87.5 Å². The van der Waals surface area contributed by atoms with Crippen molar-refractivity contribution in [3.8, 4) is 0 Å². The minimum absolute atomic E-state index is 0.0416. The molecule has 5 aliphatic heterocycles. The summed E-state index contributed by atoms with van der Waals surface area (Å²) in [5.74, 6) is -14.3. The fraction of sp³-hybridized carbons (Fsp3) is 0.671. The lowest BCUT2D eigenvalue weighted by atomic mass is 9.73. The van der Waals surface area contributed by atoms with Crippen LogP contribution in [0.3, 0.4) is 0 Å². The Morgan fingerprint density at radius 1 is 0.616 bits per heavy atom. The number of carbonyl (C=O) groups is 12. The molecule has 11 atom stereocenters. The number of halogens is 8. The molecule has 33 heteroatoms. The Bertz CT molecular complexity index is 3810. The predicted molar refractivity (Wildman–Crippen MR) is 393 cm³/mol. The van der Waals surface area contributed by atoms with Crippen molar-refractivity contribution in [1.82, 2.24) is 59.6 Å². The average molecular weight is 1590 g/mol. The van der Waals surface area contributed by atoms with Crippen molar-refractivity contribution >= 4 is 70.9 Å². The van der Waals surface area contributed by atoms with Gasteiger partial charge in [0.1, 0.15) is 77.1 Å². The highest BCUT2D eigenvalue weighted by Gasteiger charge is 2.57. The van der Waals surface area contributed by atoms with E-state index in [0.29, 0.717) is 89.4 Å². The van der Waals surface area contributed by atoms with Crippen LogP contribution in [0.4, 0.5) is 35.1 Å². The maximum Gasteiger partial charge on any atom is 0.422 e. The summed E-state index contributed by atoms with van der Waals surface area (Å²) >= 11 is 0. The van der Waals surface area contributed by atoms with Crippen LogP contribution in [-0.4, -0.2) is 274 Å². The van der Waals surface area contributed by atoms with Crippen LogP contribution in [0.5, 0.6) is 0 Å². The van der Waals surface area contributed by atoms with Crippen LogP contribution in [0, 0.1) is 23.5 Å². The third kappa shape index (κ3) is 19.2. The second-order valence-corrected chi connectivity index (χ2v) is 31.3. The Labute approximate surface area is 648 Å². The number of nitrogens with zero attached hydrogens (tertiary/aromatic N) is 10. The Morgan fingerprint density at radius 3 is 1.86 bits per heavy atom. The zero-order valence-corrected chi connectivity index (χ0v) is 65.6. The van der Waals surface area contributed by atoms with Gasteiger partial charge < -0.3 is 64.4 Å². The number of aryl methyl sites for hydroxylation is 1.